The zero-order valence-corrected chi connectivity index (χ0v) is 17.1. The smallest absolute Gasteiger partial charge is 0.410 e. The van der Waals surface area contributed by atoms with E-state index in [4.69, 9.17) is 9.94 Å². The number of hydroxylamine groups is 1. The fourth-order valence-electron chi connectivity index (χ4n) is 3.19. The van der Waals surface area contributed by atoms with Gasteiger partial charge in [0.05, 0.1) is 17.8 Å². The SMILES string of the molecule is CC#CCOc1ccc(S(=O)(=O)CC2CCN(C(=O)OC)C(C(=O)NO)C2)cc1. The van der Waals surface area contributed by atoms with Crippen LogP contribution >= 0.6 is 0 Å². The van der Waals surface area contributed by atoms with Gasteiger partial charge in [0.1, 0.15) is 18.4 Å². The molecule has 0 bridgehead atoms. The monoisotopic (exact) mass is 424 g/mol. The molecule has 0 radical (unpaired) electrons. The van der Waals surface area contributed by atoms with Crippen LogP contribution in [-0.2, 0) is 19.4 Å². The lowest BCUT2D eigenvalue weighted by Gasteiger charge is -2.36. The lowest BCUT2D eigenvalue weighted by molar-refractivity contribution is -0.136. The van der Waals surface area contributed by atoms with Gasteiger partial charge in [-0.25, -0.2) is 18.7 Å². The number of ether oxygens (including phenoxy) is 2. The molecule has 2 amide bonds. The number of carbonyl (C=O) groups is 2. The summed E-state index contributed by atoms with van der Waals surface area (Å²) in [7, 11) is -2.42. The zero-order valence-electron chi connectivity index (χ0n) is 16.3. The number of sulfone groups is 1. The molecule has 1 saturated heterocycles. The molecule has 1 aromatic rings. The molecule has 29 heavy (non-hydrogen) atoms. The predicted molar refractivity (Wildman–Crippen MR) is 103 cm³/mol. The van der Waals surface area contributed by atoms with Crippen molar-refractivity contribution >= 4 is 21.8 Å². The Balaban J connectivity index is 2.08. The van der Waals surface area contributed by atoms with Gasteiger partial charge in [-0.1, -0.05) is 5.92 Å². The quantitative estimate of drug-likeness (QED) is 0.400. The normalized spacial score (nSPS) is 18.9. The molecule has 1 aliphatic heterocycles. The molecule has 0 aromatic heterocycles. The van der Waals surface area contributed by atoms with E-state index < -0.39 is 27.9 Å². The predicted octanol–water partition coefficient (Wildman–Crippen LogP) is 1.21. The molecule has 0 saturated carbocycles. The number of likely N-dealkylation sites (tertiary alicyclic amines) is 1. The van der Waals surface area contributed by atoms with E-state index in [-0.39, 0.29) is 36.1 Å². The van der Waals surface area contributed by atoms with Crippen LogP contribution in [0.25, 0.3) is 0 Å². The van der Waals surface area contributed by atoms with Gasteiger partial charge in [-0.05, 0) is 49.9 Å². The lowest BCUT2D eigenvalue weighted by Crippen LogP contribution is -2.53. The van der Waals surface area contributed by atoms with Crippen molar-refractivity contribution in [2.24, 2.45) is 5.92 Å². The number of benzene rings is 1. The molecule has 2 atom stereocenters. The number of nitrogens with one attached hydrogen (secondary N) is 1. The van der Waals surface area contributed by atoms with E-state index in [0.29, 0.717) is 12.2 Å². The molecular formula is C19H24N2O7S. The number of amides is 2. The van der Waals surface area contributed by atoms with Gasteiger partial charge in [0.15, 0.2) is 9.84 Å². The highest BCUT2D eigenvalue weighted by Gasteiger charge is 2.38. The standard InChI is InChI=1S/C19H24N2O7S/c1-3-4-11-28-15-5-7-16(8-6-15)29(25,26)13-14-9-10-21(19(23)27-2)17(12-14)18(22)20-24/h5-8,14,17,24H,9-13H2,1-2H3,(H,20,22). The van der Waals surface area contributed by atoms with E-state index in [9.17, 15) is 18.0 Å². The largest absolute Gasteiger partial charge is 0.481 e. The van der Waals surface area contributed by atoms with Gasteiger partial charge in [-0.3, -0.25) is 14.9 Å². The Morgan fingerprint density at radius 1 is 1.31 bits per heavy atom. The Morgan fingerprint density at radius 3 is 2.59 bits per heavy atom. The van der Waals surface area contributed by atoms with Crippen LogP contribution in [0.5, 0.6) is 5.75 Å². The fraction of sp³-hybridized carbons (Fsp3) is 0.474. The van der Waals surface area contributed by atoms with Crippen LogP contribution in [0.3, 0.4) is 0 Å². The van der Waals surface area contributed by atoms with Crippen molar-refractivity contribution in [3.8, 4) is 17.6 Å². The lowest BCUT2D eigenvalue weighted by atomic mass is 9.92. The summed E-state index contributed by atoms with van der Waals surface area (Å²) < 4.78 is 35.6. The number of hydrogen-bond acceptors (Lipinski definition) is 7. The molecule has 9 nitrogen and oxygen atoms in total. The third kappa shape index (κ3) is 5.85. The minimum Gasteiger partial charge on any atom is -0.481 e. The minimum absolute atomic E-state index is 0.0948. The van der Waals surface area contributed by atoms with Crippen LogP contribution in [0, 0.1) is 17.8 Å². The second-order valence-corrected chi connectivity index (χ2v) is 8.55. The third-order valence-electron chi connectivity index (χ3n) is 4.66. The first-order chi connectivity index (χ1) is 13.8. The highest BCUT2D eigenvalue weighted by Crippen LogP contribution is 2.28. The van der Waals surface area contributed by atoms with E-state index in [1.54, 1.807) is 19.1 Å². The van der Waals surface area contributed by atoms with Crippen molar-refractivity contribution in [1.29, 1.82) is 0 Å². The van der Waals surface area contributed by atoms with Crippen molar-refractivity contribution in [3.05, 3.63) is 24.3 Å². The summed E-state index contributed by atoms with van der Waals surface area (Å²) >= 11 is 0. The van der Waals surface area contributed by atoms with E-state index in [1.807, 2.05) is 0 Å². The maximum Gasteiger partial charge on any atom is 0.410 e. The molecule has 10 heteroatoms. The second-order valence-electron chi connectivity index (χ2n) is 6.51. The Kier molecular flexibility index (Phi) is 7.87. The van der Waals surface area contributed by atoms with Gasteiger partial charge in [0.2, 0.25) is 0 Å². The molecular weight excluding hydrogens is 400 g/mol. The van der Waals surface area contributed by atoms with E-state index >= 15 is 0 Å². The van der Waals surface area contributed by atoms with Crippen LogP contribution < -0.4 is 10.2 Å². The zero-order chi connectivity index (χ0) is 21.4. The fourth-order valence-corrected chi connectivity index (χ4v) is 4.86. The van der Waals surface area contributed by atoms with Gasteiger partial charge in [0.25, 0.3) is 5.91 Å². The molecule has 1 aliphatic rings. The first-order valence-electron chi connectivity index (χ1n) is 8.96. The van der Waals surface area contributed by atoms with Crippen molar-refractivity contribution < 1.29 is 32.7 Å². The van der Waals surface area contributed by atoms with Crippen LogP contribution in [0.1, 0.15) is 19.8 Å². The molecule has 2 unspecified atom stereocenters. The number of rotatable bonds is 6. The van der Waals surface area contributed by atoms with Crippen molar-refractivity contribution in [2.75, 3.05) is 26.0 Å². The van der Waals surface area contributed by atoms with Gasteiger partial charge >= 0.3 is 6.09 Å². The first kappa shape index (κ1) is 22.5. The van der Waals surface area contributed by atoms with Crippen LogP contribution in [0.15, 0.2) is 29.2 Å². The highest BCUT2D eigenvalue weighted by atomic mass is 32.2. The van der Waals surface area contributed by atoms with E-state index in [2.05, 4.69) is 16.6 Å². The summed E-state index contributed by atoms with van der Waals surface area (Å²) in [6.45, 7) is 2.06. The average molecular weight is 424 g/mol. The summed E-state index contributed by atoms with van der Waals surface area (Å²) in [6.07, 6.45) is -0.221. The van der Waals surface area contributed by atoms with Crippen LogP contribution in [-0.4, -0.2) is 62.6 Å². The summed E-state index contributed by atoms with van der Waals surface area (Å²) in [5.41, 5.74) is 1.52. The number of piperidine rings is 1. The van der Waals surface area contributed by atoms with Crippen molar-refractivity contribution in [2.45, 2.75) is 30.7 Å². The maximum atomic E-state index is 12.8. The number of methoxy groups -OCH3 is 1. The molecule has 158 valence electrons. The Labute approximate surface area is 169 Å². The van der Waals surface area contributed by atoms with Gasteiger partial charge in [0, 0.05) is 6.54 Å². The first-order valence-corrected chi connectivity index (χ1v) is 10.6. The van der Waals surface area contributed by atoms with Crippen molar-refractivity contribution in [1.82, 2.24) is 10.4 Å². The molecule has 1 aromatic carbocycles. The third-order valence-corrected chi connectivity index (χ3v) is 6.56. The Hall–Kier alpha value is -2.77. The summed E-state index contributed by atoms with van der Waals surface area (Å²) in [5.74, 6) is 4.64. The summed E-state index contributed by atoms with van der Waals surface area (Å²) in [6, 6.07) is 5.05. The van der Waals surface area contributed by atoms with Crippen LogP contribution in [0.4, 0.5) is 4.79 Å². The van der Waals surface area contributed by atoms with Gasteiger partial charge < -0.3 is 9.47 Å². The number of carbonyl (C=O) groups excluding carboxylic acids is 2. The highest BCUT2D eigenvalue weighted by molar-refractivity contribution is 7.91. The maximum absolute atomic E-state index is 12.8. The average Bonchev–Trinajstić information content (AvgIpc) is 2.73. The Morgan fingerprint density at radius 2 is 2.00 bits per heavy atom. The van der Waals surface area contributed by atoms with Crippen molar-refractivity contribution in [3.63, 3.8) is 0 Å². The topological polar surface area (TPSA) is 122 Å². The Bertz CT molecular complexity index is 887. The minimum atomic E-state index is -3.61. The van der Waals surface area contributed by atoms with E-state index in [0.717, 1.165) is 0 Å². The number of hydrogen-bond donors (Lipinski definition) is 2. The number of nitrogens with zero attached hydrogens (tertiary/aromatic N) is 1. The van der Waals surface area contributed by atoms with E-state index in [1.165, 1.54) is 29.6 Å². The molecule has 2 N–H and O–H groups in total. The molecule has 1 heterocycles. The van der Waals surface area contributed by atoms with Gasteiger partial charge in [-0.15, -0.1) is 5.92 Å². The summed E-state index contributed by atoms with van der Waals surface area (Å²) in [5, 5.41) is 8.94. The molecule has 0 aliphatic carbocycles. The van der Waals surface area contributed by atoms with Gasteiger partial charge in [-0.2, -0.15) is 0 Å². The summed E-state index contributed by atoms with van der Waals surface area (Å²) in [4.78, 5) is 25.1. The molecule has 1 fully saturated rings. The molecule has 0 spiro atoms. The molecule has 2 rings (SSSR count). The second kappa shape index (κ2) is 10.1. The van der Waals surface area contributed by atoms with Crippen LogP contribution in [0.2, 0.25) is 0 Å².